The molecule has 3 heteroatoms. The van der Waals surface area contributed by atoms with E-state index >= 15 is 0 Å². The highest BCUT2D eigenvalue weighted by Gasteiger charge is 2.44. The zero-order valence-electron chi connectivity index (χ0n) is 9.36. The van der Waals surface area contributed by atoms with Crippen LogP contribution in [0.1, 0.15) is 27.2 Å². The van der Waals surface area contributed by atoms with Crippen molar-refractivity contribution in [1.82, 2.24) is 4.90 Å². The van der Waals surface area contributed by atoms with Gasteiger partial charge in [0.1, 0.15) is 0 Å². The molecule has 0 aromatic rings. The smallest absolute Gasteiger partial charge is 0.0951 e. The van der Waals surface area contributed by atoms with Gasteiger partial charge in [0, 0.05) is 12.1 Å². The van der Waals surface area contributed by atoms with E-state index in [1.807, 2.05) is 0 Å². The van der Waals surface area contributed by atoms with E-state index in [9.17, 15) is 5.11 Å². The van der Waals surface area contributed by atoms with E-state index in [0.717, 1.165) is 12.5 Å². The third-order valence-electron chi connectivity index (χ3n) is 3.56. The van der Waals surface area contributed by atoms with Crippen molar-refractivity contribution in [2.24, 2.45) is 5.92 Å². The second-order valence-corrected chi connectivity index (χ2v) is 5.45. The van der Waals surface area contributed by atoms with Crippen molar-refractivity contribution < 1.29 is 9.84 Å². The quantitative estimate of drug-likeness (QED) is 0.680. The van der Waals surface area contributed by atoms with Crippen LogP contribution in [-0.4, -0.2) is 47.4 Å². The number of hydrogen-bond acceptors (Lipinski definition) is 3. The number of hydrogen-bond donors (Lipinski definition) is 1. The molecule has 82 valence electrons. The molecule has 0 aromatic carbocycles. The lowest BCUT2D eigenvalue weighted by atomic mass is 9.96. The number of rotatable bonds is 1. The van der Waals surface area contributed by atoms with E-state index in [0.29, 0.717) is 13.2 Å². The summed E-state index contributed by atoms with van der Waals surface area (Å²) in [4.78, 5) is 2.43. The van der Waals surface area contributed by atoms with Gasteiger partial charge in [-0.3, -0.25) is 4.90 Å². The Morgan fingerprint density at radius 1 is 1.36 bits per heavy atom. The highest BCUT2D eigenvalue weighted by atomic mass is 16.5. The lowest BCUT2D eigenvalue weighted by Gasteiger charge is -2.37. The van der Waals surface area contributed by atoms with E-state index < -0.39 is 0 Å². The van der Waals surface area contributed by atoms with Gasteiger partial charge in [0.25, 0.3) is 0 Å². The molecule has 14 heavy (non-hydrogen) atoms. The van der Waals surface area contributed by atoms with Crippen LogP contribution < -0.4 is 0 Å². The maximum absolute atomic E-state index is 9.80. The summed E-state index contributed by atoms with van der Waals surface area (Å²) in [6, 6.07) is 0.218. The molecule has 0 amide bonds. The molecule has 3 atom stereocenters. The van der Waals surface area contributed by atoms with Gasteiger partial charge >= 0.3 is 0 Å². The molecule has 0 aromatic heterocycles. The Bertz CT molecular complexity index is 217. The molecule has 2 fully saturated rings. The molecule has 0 radical (unpaired) electrons. The summed E-state index contributed by atoms with van der Waals surface area (Å²) < 4.78 is 5.32. The number of ether oxygens (including phenoxy) is 1. The van der Waals surface area contributed by atoms with E-state index in [1.165, 1.54) is 6.42 Å². The SMILES string of the molecule is CC1CN(C2COCC2O)C(C)(C)C1. The van der Waals surface area contributed by atoms with Crippen molar-refractivity contribution in [1.29, 1.82) is 0 Å². The summed E-state index contributed by atoms with van der Waals surface area (Å²) in [5.41, 5.74) is 0.221. The third kappa shape index (κ3) is 1.69. The summed E-state index contributed by atoms with van der Waals surface area (Å²) in [6.07, 6.45) is 0.926. The Labute approximate surface area is 86.0 Å². The number of likely N-dealkylation sites (tertiary alicyclic amines) is 1. The van der Waals surface area contributed by atoms with Crippen molar-refractivity contribution in [3.63, 3.8) is 0 Å². The highest BCUT2D eigenvalue weighted by Crippen LogP contribution is 2.35. The fourth-order valence-electron chi connectivity index (χ4n) is 3.03. The van der Waals surface area contributed by atoms with Gasteiger partial charge in [-0.25, -0.2) is 0 Å². The van der Waals surface area contributed by atoms with Crippen LogP contribution in [-0.2, 0) is 4.74 Å². The fraction of sp³-hybridized carbons (Fsp3) is 1.00. The molecular weight excluding hydrogens is 178 g/mol. The van der Waals surface area contributed by atoms with Gasteiger partial charge < -0.3 is 9.84 Å². The van der Waals surface area contributed by atoms with Crippen molar-refractivity contribution in [2.45, 2.75) is 44.9 Å². The van der Waals surface area contributed by atoms with Crippen LogP contribution in [0.25, 0.3) is 0 Å². The maximum Gasteiger partial charge on any atom is 0.0951 e. The van der Waals surface area contributed by atoms with Crippen LogP contribution in [0, 0.1) is 5.92 Å². The van der Waals surface area contributed by atoms with Crippen LogP contribution >= 0.6 is 0 Å². The predicted molar refractivity (Wildman–Crippen MR) is 55.2 cm³/mol. The summed E-state index contributed by atoms with van der Waals surface area (Å²) in [5, 5.41) is 9.80. The molecule has 2 heterocycles. The Balaban J connectivity index is 2.09. The van der Waals surface area contributed by atoms with Gasteiger partial charge in [0.05, 0.1) is 25.4 Å². The Morgan fingerprint density at radius 2 is 2.07 bits per heavy atom. The van der Waals surface area contributed by atoms with Crippen LogP contribution in [0.4, 0.5) is 0 Å². The Hall–Kier alpha value is -0.120. The fourth-order valence-corrected chi connectivity index (χ4v) is 3.03. The average molecular weight is 199 g/mol. The third-order valence-corrected chi connectivity index (χ3v) is 3.56. The second kappa shape index (κ2) is 3.47. The molecule has 0 saturated carbocycles. The second-order valence-electron chi connectivity index (χ2n) is 5.45. The highest BCUT2D eigenvalue weighted by molar-refractivity contribution is 4.98. The number of nitrogens with zero attached hydrogens (tertiary/aromatic N) is 1. The first-order chi connectivity index (χ1) is 6.50. The molecular formula is C11H21NO2. The minimum atomic E-state index is -0.292. The zero-order valence-corrected chi connectivity index (χ0v) is 9.36. The van der Waals surface area contributed by atoms with Gasteiger partial charge in [0.15, 0.2) is 0 Å². The number of aliphatic hydroxyl groups is 1. The molecule has 2 aliphatic rings. The zero-order chi connectivity index (χ0) is 10.3. The molecule has 2 aliphatic heterocycles. The van der Waals surface area contributed by atoms with Crippen molar-refractivity contribution >= 4 is 0 Å². The Morgan fingerprint density at radius 3 is 2.50 bits per heavy atom. The average Bonchev–Trinajstić information content (AvgIpc) is 2.55. The summed E-state index contributed by atoms with van der Waals surface area (Å²) in [7, 11) is 0. The molecule has 2 saturated heterocycles. The first kappa shape index (κ1) is 10.4. The van der Waals surface area contributed by atoms with E-state index in [2.05, 4.69) is 25.7 Å². The molecule has 0 aliphatic carbocycles. The topological polar surface area (TPSA) is 32.7 Å². The molecule has 1 N–H and O–H groups in total. The lowest BCUT2D eigenvalue weighted by molar-refractivity contribution is 0.0441. The van der Waals surface area contributed by atoms with E-state index in [4.69, 9.17) is 4.74 Å². The van der Waals surface area contributed by atoms with Gasteiger partial charge in [-0.15, -0.1) is 0 Å². The summed E-state index contributed by atoms with van der Waals surface area (Å²) in [5.74, 6) is 0.734. The molecule has 3 unspecified atom stereocenters. The van der Waals surface area contributed by atoms with E-state index in [-0.39, 0.29) is 17.7 Å². The molecule has 2 rings (SSSR count). The van der Waals surface area contributed by atoms with Gasteiger partial charge in [-0.1, -0.05) is 6.92 Å². The summed E-state index contributed by atoms with van der Waals surface area (Å²) >= 11 is 0. The van der Waals surface area contributed by atoms with Crippen LogP contribution in [0.3, 0.4) is 0 Å². The minimum absolute atomic E-state index is 0.218. The Kier molecular flexibility index (Phi) is 2.58. The standard InChI is InChI=1S/C11H21NO2/c1-8-4-11(2,3)12(5-8)9-6-14-7-10(9)13/h8-10,13H,4-7H2,1-3H3. The van der Waals surface area contributed by atoms with Crippen LogP contribution in [0.15, 0.2) is 0 Å². The minimum Gasteiger partial charge on any atom is -0.389 e. The van der Waals surface area contributed by atoms with Gasteiger partial charge in [0.2, 0.25) is 0 Å². The largest absolute Gasteiger partial charge is 0.389 e. The first-order valence-corrected chi connectivity index (χ1v) is 5.53. The normalized spacial score (nSPS) is 43.3. The van der Waals surface area contributed by atoms with Crippen molar-refractivity contribution in [2.75, 3.05) is 19.8 Å². The molecule has 0 bridgehead atoms. The predicted octanol–water partition coefficient (Wildman–Crippen LogP) is 0.866. The van der Waals surface area contributed by atoms with Crippen LogP contribution in [0.2, 0.25) is 0 Å². The van der Waals surface area contributed by atoms with Crippen molar-refractivity contribution in [3.05, 3.63) is 0 Å². The lowest BCUT2D eigenvalue weighted by Crippen LogP contribution is -2.50. The monoisotopic (exact) mass is 199 g/mol. The van der Waals surface area contributed by atoms with Gasteiger partial charge in [-0.05, 0) is 26.2 Å². The van der Waals surface area contributed by atoms with E-state index in [1.54, 1.807) is 0 Å². The first-order valence-electron chi connectivity index (χ1n) is 5.53. The maximum atomic E-state index is 9.80. The molecule has 3 nitrogen and oxygen atoms in total. The number of aliphatic hydroxyl groups excluding tert-OH is 1. The summed E-state index contributed by atoms with van der Waals surface area (Å²) in [6.45, 7) is 9.11. The van der Waals surface area contributed by atoms with Gasteiger partial charge in [-0.2, -0.15) is 0 Å². The molecule has 0 spiro atoms. The van der Waals surface area contributed by atoms with Crippen LogP contribution in [0.5, 0.6) is 0 Å². The van der Waals surface area contributed by atoms with Crippen molar-refractivity contribution in [3.8, 4) is 0 Å².